The molecule has 0 aliphatic carbocycles. The van der Waals surface area contributed by atoms with Gasteiger partial charge in [0.25, 0.3) is 5.91 Å². The number of furan rings is 1. The second-order valence-corrected chi connectivity index (χ2v) is 4.30. The Labute approximate surface area is 121 Å². The minimum atomic E-state index is -1.56. The first-order valence-electron chi connectivity index (χ1n) is 6.28. The van der Waals surface area contributed by atoms with Crippen LogP contribution in [0.1, 0.15) is 22.2 Å². The molecule has 2 rings (SSSR count). The summed E-state index contributed by atoms with van der Waals surface area (Å²) in [4.78, 5) is 23.7. The molecular formula is C15H15NO5. The Morgan fingerprint density at radius 2 is 1.90 bits per heavy atom. The van der Waals surface area contributed by atoms with Crippen molar-refractivity contribution < 1.29 is 23.8 Å². The van der Waals surface area contributed by atoms with Crippen molar-refractivity contribution in [2.24, 2.45) is 0 Å². The number of rotatable bonds is 5. The van der Waals surface area contributed by atoms with Crippen LogP contribution < -0.4 is 5.32 Å². The van der Waals surface area contributed by atoms with E-state index in [9.17, 15) is 14.7 Å². The van der Waals surface area contributed by atoms with Crippen LogP contribution in [0.5, 0.6) is 0 Å². The Morgan fingerprint density at radius 1 is 1.19 bits per heavy atom. The molecule has 21 heavy (non-hydrogen) atoms. The van der Waals surface area contributed by atoms with Gasteiger partial charge in [0, 0.05) is 5.56 Å². The summed E-state index contributed by atoms with van der Waals surface area (Å²) in [5.74, 6) is -1.03. The molecule has 6 nitrogen and oxygen atoms in total. The van der Waals surface area contributed by atoms with Gasteiger partial charge >= 0.3 is 5.97 Å². The quantitative estimate of drug-likeness (QED) is 0.810. The molecular weight excluding hydrogens is 274 g/mol. The number of amides is 1. The Balaban J connectivity index is 2.21. The van der Waals surface area contributed by atoms with Crippen LogP contribution in [0.25, 0.3) is 0 Å². The monoisotopic (exact) mass is 289 g/mol. The van der Waals surface area contributed by atoms with Gasteiger partial charge in [0.1, 0.15) is 11.8 Å². The molecule has 0 aliphatic heterocycles. The maximum absolute atomic E-state index is 12.1. The number of benzene rings is 1. The van der Waals surface area contributed by atoms with E-state index in [1.807, 2.05) is 0 Å². The number of nitrogens with one attached hydrogen (secondary N) is 1. The highest BCUT2D eigenvalue weighted by Gasteiger charge is 2.32. The SMILES string of the molecule is COC(=O)[C@H](O)[C@@H](NC(=O)c1ccccc1)c1ccco1. The summed E-state index contributed by atoms with van der Waals surface area (Å²) >= 11 is 0. The normalized spacial score (nSPS) is 13.2. The van der Waals surface area contributed by atoms with Crippen LogP contribution in [0.2, 0.25) is 0 Å². The minimum absolute atomic E-state index is 0.261. The molecule has 0 bridgehead atoms. The van der Waals surface area contributed by atoms with Gasteiger partial charge in [-0.2, -0.15) is 0 Å². The molecule has 2 N–H and O–H groups in total. The van der Waals surface area contributed by atoms with Gasteiger partial charge in [-0.25, -0.2) is 4.79 Å². The first-order chi connectivity index (χ1) is 10.1. The molecule has 0 spiro atoms. The molecule has 1 aromatic heterocycles. The van der Waals surface area contributed by atoms with Crippen molar-refractivity contribution in [2.45, 2.75) is 12.1 Å². The van der Waals surface area contributed by atoms with E-state index in [1.54, 1.807) is 42.5 Å². The lowest BCUT2D eigenvalue weighted by atomic mass is 10.1. The molecule has 0 radical (unpaired) electrons. The number of hydrogen-bond acceptors (Lipinski definition) is 5. The number of carbonyl (C=O) groups is 2. The summed E-state index contributed by atoms with van der Waals surface area (Å²) in [6, 6.07) is 10.6. The fraction of sp³-hybridized carbons (Fsp3) is 0.200. The summed E-state index contributed by atoms with van der Waals surface area (Å²) < 4.78 is 9.66. The number of hydrogen-bond donors (Lipinski definition) is 2. The molecule has 2 aromatic rings. The maximum atomic E-state index is 12.1. The standard InChI is InChI=1S/C15H15NO5/c1-20-15(19)13(17)12(11-8-5-9-21-11)16-14(18)10-6-3-2-4-7-10/h2-9,12-13,17H,1H3,(H,16,18)/t12-,13+/m0/s1. The van der Waals surface area contributed by atoms with E-state index in [1.165, 1.54) is 6.26 Å². The van der Waals surface area contributed by atoms with Crippen LogP contribution in [0.3, 0.4) is 0 Å². The van der Waals surface area contributed by atoms with E-state index in [0.717, 1.165) is 7.11 Å². The smallest absolute Gasteiger partial charge is 0.337 e. The summed E-state index contributed by atoms with van der Waals surface area (Å²) in [7, 11) is 1.16. The second-order valence-electron chi connectivity index (χ2n) is 4.30. The number of aliphatic hydroxyl groups excluding tert-OH is 1. The van der Waals surface area contributed by atoms with Crippen LogP contribution >= 0.6 is 0 Å². The lowest BCUT2D eigenvalue weighted by Gasteiger charge is -2.20. The maximum Gasteiger partial charge on any atom is 0.337 e. The average molecular weight is 289 g/mol. The summed E-state index contributed by atoms with van der Waals surface area (Å²) in [5.41, 5.74) is 0.408. The van der Waals surface area contributed by atoms with Crippen LogP contribution in [0.15, 0.2) is 53.1 Å². The Bertz CT molecular complexity index is 594. The predicted octanol–water partition coefficient (Wildman–Crippen LogP) is 1.28. The Kier molecular flexibility index (Phi) is 4.73. The van der Waals surface area contributed by atoms with E-state index >= 15 is 0 Å². The van der Waals surface area contributed by atoms with Crippen LogP contribution in [0, 0.1) is 0 Å². The first-order valence-corrected chi connectivity index (χ1v) is 6.28. The van der Waals surface area contributed by atoms with Gasteiger partial charge in [0.05, 0.1) is 13.4 Å². The number of methoxy groups -OCH3 is 1. The summed E-state index contributed by atoms with van der Waals surface area (Å²) in [6.45, 7) is 0. The Hall–Kier alpha value is -2.60. The molecule has 0 unspecified atom stereocenters. The highest BCUT2D eigenvalue weighted by molar-refractivity contribution is 5.94. The second kappa shape index (κ2) is 6.71. The van der Waals surface area contributed by atoms with Crippen molar-refractivity contribution in [3.8, 4) is 0 Å². The summed E-state index contributed by atoms with van der Waals surface area (Å²) in [6.07, 6.45) is -0.171. The zero-order valence-corrected chi connectivity index (χ0v) is 11.4. The molecule has 0 saturated carbocycles. The highest BCUT2D eigenvalue weighted by atomic mass is 16.5. The van der Waals surface area contributed by atoms with Crippen molar-refractivity contribution >= 4 is 11.9 Å². The first kappa shape index (κ1) is 14.8. The van der Waals surface area contributed by atoms with Gasteiger partial charge in [0.2, 0.25) is 0 Å². The molecule has 110 valence electrons. The fourth-order valence-electron chi connectivity index (χ4n) is 1.84. The van der Waals surface area contributed by atoms with E-state index in [4.69, 9.17) is 4.42 Å². The van der Waals surface area contributed by atoms with Gasteiger partial charge < -0.3 is 19.6 Å². The zero-order valence-electron chi connectivity index (χ0n) is 11.4. The fourth-order valence-corrected chi connectivity index (χ4v) is 1.84. The van der Waals surface area contributed by atoms with Crippen molar-refractivity contribution in [3.63, 3.8) is 0 Å². The third-order valence-corrected chi connectivity index (χ3v) is 2.93. The zero-order chi connectivity index (χ0) is 15.2. The highest BCUT2D eigenvalue weighted by Crippen LogP contribution is 2.19. The van der Waals surface area contributed by atoms with Gasteiger partial charge in [-0.05, 0) is 24.3 Å². The van der Waals surface area contributed by atoms with Crippen LogP contribution in [-0.4, -0.2) is 30.2 Å². The van der Waals surface area contributed by atoms with Gasteiger partial charge in [-0.15, -0.1) is 0 Å². The van der Waals surface area contributed by atoms with Crippen molar-refractivity contribution in [3.05, 3.63) is 60.1 Å². The van der Waals surface area contributed by atoms with E-state index in [2.05, 4.69) is 10.1 Å². The Morgan fingerprint density at radius 3 is 2.48 bits per heavy atom. The molecule has 1 aromatic carbocycles. The number of aliphatic hydroxyl groups is 1. The third kappa shape index (κ3) is 3.49. The predicted molar refractivity (Wildman–Crippen MR) is 73.4 cm³/mol. The topological polar surface area (TPSA) is 88.8 Å². The van der Waals surface area contributed by atoms with Crippen LogP contribution in [-0.2, 0) is 9.53 Å². The number of esters is 1. The molecule has 0 saturated heterocycles. The molecule has 0 fully saturated rings. The molecule has 2 atom stereocenters. The minimum Gasteiger partial charge on any atom is -0.467 e. The number of carbonyl (C=O) groups excluding carboxylic acids is 2. The third-order valence-electron chi connectivity index (χ3n) is 2.93. The lowest BCUT2D eigenvalue weighted by Crippen LogP contribution is -2.40. The average Bonchev–Trinajstić information content (AvgIpc) is 3.05. The molecule has 0 aliphatic rings. The number of ether oxygens (including phenoxy) is 1. The molecule has 1 heterocycles. The van der Waals surface area contributed by atoms with Gasteiger partial charge in [0.15, 0.2) is 6.10 Å². The lowest BCUT2D eigenvalue weighted by molar-refractivity contribution is -0.152. The van der Waals surface area contributed by atoms with E-state index < -0.39 is 24.0 Å². The van der Waals surface area contributed by atoms with Gasteiger partial charge in [-0.3, -0.25) is 4.79 Å². The van der Waals surface area contributed by atoms with Crippen molar-refractivity contribution in [1.82, 2.24) is 5.32 Å². The van der Waals surface area contributed by atoms with Crippen LogP contribution in [0.4, 0.5) is 0 Å². The van der Waals surface area contributed by atoms with E-state index in [0.29, 0.717) is 5.56 Å². The van der Waals surface area contributed by atoms with E-state index in [-0.39, 0.29) is 5.76 Å². The van der Waals surface area contributed by atoms with Crippen molar-refractivity contribution in [2.75, 3.05) is 7.11 Å². The molecule has 1 amide bonds. The van der Waals surface area contributed by atoms with Crippen molar-refractivity contribution in [1.29, 1.82) is 0 Å². The largest absolute Gasteiger partial charge is 0.467 e. The van der Waals surface area contributed by atoms with Gasteiger partial charge in [-0.1, -0.05) is 18.2 Å². The summed E-state index contributed by atoms with van der Waals surface area (Å²) in [5, 5.41) is 12.6. The molecule has 6 heteroatoms.